The molecule has 3 N–H and O–H groups in total. The first-order valence-electron chi connectivity index (χ1n) is 4.79. The average molecular weight is 232 g/mol. The predicted octanol–water partition coefficient (Wildman–Crippen LogP) is 1.75. The number of phenolic OH excluding ortho intramolecular Hbond substituents is 1. The number of hydrogen-bond donors (Lipinski definition) is 2. The van der Waals surface area contributed by atoms with Gasteiger partial charge in [0.2, 0.25) is 0 Å². The zero-order chi connectivity index (χ0) is 11.5. The molecular formula is C12H11NO2P+. The van der Waals surface area contributed by atoms with Crippen LogP contribution in [0.5, 0.6) is 5.75 Å². The number of benzene rings is 2. The number of nitrogens with two attached hydrogens (primary N) is 1. The number of phenols is 1. The third kappa shape index (κ3) is 2.05. The third-order valence-corrected chi connectivity index (χ3v) is 3.75. The highest BCUT2D eigenvalue weighted by Gasteiger charge is 2.23. The molecule has 3 nitrogen and oxygen atoms in total. The molecule has 2 aromatic rings. The molecule has 0 saturated carbocycles. The molecule has 0 aromatic heterocycles. The summed E-state index contributed by atoms with van der Waals surface area (Å²) in [6.45, 7) is 0. The van der Waals surface area contributed by atoms with Crippen molar-refractivity contribution in [2.45, 2.75) is 0 Å². The summed E-state index contributed by atoms with van der Waals surface area (Å²) in [5, 5.41) is 10.7. The minimum atomic E-state index is -1.64. The van der Waals surface area contributed by atoms with E-state index in [0.717, 1.165) is 5.30 Å². The number of aromatic hydroxyl groups is 1. The highest BCUT2D eigenvalue weighted by atomic mass is 31.1. The Morgan fingerprint density at radius 2 is 1.69 bits per heavy atom. The Morgan fingerprint density at radius 1 is 1.00 bits per heavy atom. The van der Waals surface area contributed by atoms with E-state index in [-0.39, 0.29) is 11.4 Å². The van der Waals surface area contributed by atoms with E-state index >= 15 is 0 Å². The van der Waals surface area contributed by atoms with E-state index in [0.29, 0.717) is 5.30 Å². The van der Waals surface area contributed by atoms with E-state index in [4.69, 9.17) is 5.73 Å². The topological polar surface area (TPSA) is 63.3 Å². The van der Waals surface area contributed by atoms with Gasteiger partial charge in [-0.3, -0.25) is 0 Å². The number of anilines is 1. The molecule has 4 heteroatoms. The van der Waals surface area contributed by atoms with Crippen molar-refractivity contribution in [3.05, 3.63) is 48.5 Å². The summed E-state index contributed by atoms with van der Waals surface area (Å²) in [7, 11) is -1.64. The van der Waals surface area contributed by atoms with Crippen LogP contribution in [0.2, 0.25) is 0 Å². The standard InChI is InChI=1S/C12H10NO2P/c13-11-8-10(6-7-12(11)14)16(15)9-4-2-1-3-5-9/h1-8H,13H2/p+1. The first-order chi connectivity index (χ1) is 7.68. The van der Waals surface area contributed by atoms with Gasteiger partial charge in [-0.15, -0.1) is 0 Å². The lowest BCUT2D eigenvalue weighted by Crippen LogP contribution is -2.06. The maximum atomic E-state index is 12.1. The van der Waals surface area contributed by atoms with E-state index in [1.807, 2.05) is 30.3 Å². The molecular weight excluding hydrogens is 221 g/mol. The third-order valence-electron chi connectivity index (χ3n) is 2.24. The predicted molar refractivity (Wildman–Crippen MR) is 65.8 cm³/mol. The molecule has 80 valence electrons. The number of hydrogen-bond acceptors (Lipinski definition) is 3. The lowest BCUT2D eigenvalue weighted by Gasteiger charge is -1.96. The van der Waals surface area contributed by atoms with Crippen LogP contribution in [0.25, 0.3) is 0 Å². The summed E-state index contributed by atoms with van der Waals surface area (Å²) in [6, 6.07) is 13.8. The van der Waals surface area contributed by atoms with Crippen LogP contribution in [-0.2, 0) is 4.57 Å². The Balaban J connectivity index is 2.39. The van der Waals surface area contributed by atoms with Gasteiger partial charge in [-0.1, -0.05) is 22.8 Å². The molecule has 0 aliphatic heterocycles. The molecule has 2 aromatic carbocycles. The highest BCUT2D eigenvalue weighted by Crippen LogP contribution is 2.24. The Morgan fingerprint density at radius 3 is 2.31 bits per heavy atom. The van der Waals surface area contributed by atoms with Crippen LogP contribution in [0.3, 0.4) is 0 Å². The summed E-state index contributed by atoms with van der Waals surface area (Å²) in [5.74, 6) is 0.0141. The molecule has 1 atom stereocenters. The molecule has 0 aliphatic carbocycles. The molecule has 0 fully saturated rings. The molecule has 0 aliphatic rings. The smallest absolute Gasteiger partial charge is 0.415 e. The fraction of sp³-hybridized carbons (Fsp3) is 0. The van der Waals surface area contributed by atoms with Gasteiger partial charge < -0.3 is 10.8 Å². The van der Waals surface area contributed by atoms with Crippen LogP contribution in [0.4, 0.5) is 5.69 Å². The van der Waals surface area contributed by atoms with Crippen LogP contribution in [0.1, 0.15) is 0 Å². The van der Waals surface area contributed by atoms with Crippen LogP contribution in [0, 0.1) is 0 Å². The molecule has 0 heterocycles. The summed E-state index contributed by atoms with van der Waals surface area (Å²) >= 11 is 0. The Kier molecular flexibility index (Phi) is 2.88. The van der Waals surface area contributed by atoms with E-state index in [9.17, 15) is 9.67 Å². The van der Waals surface area contributed by atoms with Crippen molar-refractivity contribution in [1.29, 1.82) is 0 Å². The highest BCUT2D eigenvalue weighted by molar-refractivity contribution is 7.61. The monoisotopic (exact) mass is 232 g/mol. The molecule has 0 radical (unpaired) electrons. The minimum absolute atomic E-state index is 0.0141. The Bertz CT molecular complexity index is 526. The van der Waals surface area contributed by atoms with Gasteiger partial charge in [-0.25, -0.2) is 0 Å². The molecule has 2 rings (SSSR count). The van der Waals surface area contributed by atoms with Crippen molar-refractivity contribution in [2.24, 2.45) is 0 Å². The second-order valence-corrected chi connectivity index (χ2v) is 4.99. The second kappa shape index (κ2) is 4.33. The maximum absolute atomic E-state index is 12.1. The van der Waals surface area contributed by atoms with Crippen LogP contribution < -0.4 is 16.3 Å². The van der Waals surface area contributed by atoms with Crippen molar-refractivity contribution >= 4 is 24.1 Å². The van der Waals surface area contributed by atoms with E-state index in [1.165, 1.54) is 6.07 Å². The molecule has 16 heavy (non-hydrogen) atoms. The number of nitrogen functional groups attached to an aromatic ring is 1. The molecule has 0 saturated heterocycles. The summed E-state index contributed by atoms with van der Waals surface area (Å²) in [5.41, 5.74) is 5.81. The number of rotatable bonds is 2. The van der Waals surface area contributed by atoms with Gasteiger partial charge in [0.25, 0.3) is 0 Å². The lowest BCUT2D eigenvalue weighted by atomic mass is 10.3. The fourth-order valence-corrected chi connectivity index (χ4v) is 2.59. The molecule has 0 bridgehead atoms. The second-order valence-electron chi connectivity index (χ2n) is 3.37. The van der Waals surface area contributed by atoms with Crippen molar-refractivity contribution < 1.29 is 9.67 Å². The molecule has 1 unspecified atom stereocenters. The summed E-state index contributed by atoms with van der Waals surface area (Å²) < 4.78 is 12.1. The fourth-order valence-electron chi connectivity index (χ4n) is 1.38. The van der Waals surface area contributed by atoms with Gasteiger partial charge in [-0.05, 0) is 24.3 Å². The minimum Gasteiger partial charge on any atom is -0.506 e. The lowest BCUT2D eigenvalue weighted by molar-refractivity contribution is 0.478. The first kappa shape index (κ1) is 10.7. The average Bonchev–Trinajstić information content (AvgIpc) is 2.33. The van der Waals surface area contributed by atoms with Crippen LogP contribution >= 0.6 is 7.80 Å². The van der Waals surface area contributed by atoms with E-state index < -0.39 is 7.80 Å². The van der Waals surface area contributed by atoms with Gasteiger partial charge >= 0.3 is 7.80 Å². The quantitative estimate of drug-likeness (QED) is 0.471. The summed E-state index contributed by atoms with van der Waals surface area (Å²) in [4.78, 5) is 0. The van der Waals surface area contributed by atoms with Crippen LogP contribution in [0.15, 0.2) is 48.5 Å². The van der Waals surface area contributed by atoms with Gasteiger partial charge in [0.15, 0.2) is 10.6 Å². The zero-order valence-corrected chi connectivity index (χ0v) is 9.39. The van der Waals surface area contributed by atoms with Gasteiger partial charge in [-0.2, -0.15) is 0 Å². The van der Waals surface area contributed by atoms with Crippen molar-refractivity contribution in [2.75, 3.05) is 5.73 Å². The van der Waals surface area contributed by atoms with Crippen molar-refractivity contribution in [3.63, 3.8) is 0 Å². The van der Waals surface area contributed by atoms with Gasteiger partial charge in [0, 0.05) is 6.07 Å². The normalized spacial score (nSPS) is 11.1. The van der Waals surface area contributed by atoms with E-state index in [2.05, 4.69) is 0 Å². The van der Waals surface area contributed by atoms with Gasteiger partial charge in [0.05, 0.1) is 5.69 Å². The zero-order valence-electron chi connectivity index (χ0n) is 8.50. The van der Waals surface area contributed by atoms with Gasteiger partial charge in [0.1, 0.15) is 5.75 Å². The Labute approximate surface area is 94.3 Å². The largest absolute Gasteiger partial charge is 0.506 e. The van der Waals surface area contributed by atoms with E-state index in [1.54, 1.807) is 12.1 Å². The molecule has 0 amide bonds. The van der Waals surface area contributed by atoms with Crippen molar-refractivity contribution in [3.8, 4) is 5.75 Å². The Hall–Kier alpha value is -1.86. The van der Waals surface area contributed by atoms with Crippen LogP contribution in [-0.4, -0.2) is 5.11 Å². The van der Waals surface area contributed by atoms with Crippen molar-refractivity contribution in [1.82, 2.24) is 0 Å². The first-order valence-corrected chi connectivity index (χ1v) is 6.05. The summed E-state index contributed by atoms with van der Waals surface area (Å²) in [6.07, 6.45) is 0. The SMILES string of the molecule is Nc1cc([P+](=O)c2ccccc2)ccc1O. The molecule has 0 spiro atoms. The maximum Gasteiger partial charge on any atom is 0.415 e.